The minimum Gasteiger partial charge on any atom is -0.414 e. The maximum Gasteiger partial charge on any atom is 0.262 e. The summed E-state index contributed by atoms with van der Waals surface area (Å²) in [6, 6.07) is 0. The van der Waals surface area contributed by atoms with Crippen LogP contribution in [0.1, 0.15) is 47.3 Å². The molecule has 10 nitrogen and oxygen atoms in total. The van der Waals surface area contributed by atoms with E-state index < -0.39 is 8.32 Å². The van der Waals surface area contributed by atoms with Crippen LogP contribution >= 0.6 is 22.6 Å². The Morgan fingerprint density at radius 3 is 2.69 bits per heavy atom. The highest BCUT2D eigenvalue weighted by Crippen LogP contribution is 2.39. The third-order valence-electron chi connectivity index (χ3n) is 6.31. The Morgan fingerprint density at radius 1 is 1.40 bits per heavy atom. The summed E-state index contributed by atoms with van der Waals surface area (Å²) in [5.41, 5.74) is 1.11. The molecule has 0 aliphatic carbocycles. The number of fused-ring (bicyclic) bond motifs is 1. The fourth-order valence-electron chi connectivity index (χ4n) is 3.36. The molecule has 1 fully saturated rings. The predicted octanol–water partition coefficient (Wildman–Crippen LogP) is 4.64. The largest absolute Gasteiger partial charge is 0.414 e. The average molecular weight is 617 g/mol. The summed E-state index contributed by atoms with van der Waals surface area (Å²) in [6.07, 6.45) is 3.06. The fraction of sp³-hybridized carbons (Fsp3) is 0.652. The van der Waals surface area contributed by atoms with Crippen LogP contribution in [-0.4, -0.2) is 72.7 Å². The lowest BCUT2D eigenvalue weighted by Crippen LogP contribution is -2.44. The second-order valence-electron chi connectivity index (χ2n) is 10.8. The normalized spacial score (nSPS) is 21.1. The predicted molar refractivity (Wildman–Crippen MR) is 150 cm³/mol. The number of H-pyrrole nitrogens is 1. The van der Waals surface area contributed by atoms with E-state index >= 15 is 0 Å². The third-order valence-corrected chi connectivity index (χ3v) is 11.6. The summed E-state index contributed by atoms with van der Waals surface area (Å²) in [5, 5.41) is 4.80. The number of hydrogen-bond acceptors (Lipinski definition) is 7. The number of aliphatic imine (C=N–C) groups is 1. The molecule has 194 valence electrons. The first kappa shape index (κ1) is 27.8. The van der Waals surface area contributed by atoms with Crippen LogP contribution in [0.4, 0.5) is 5.95 Å². The maximum absolute atomic E-state index is 12.8. The van der Waals surface area contributed by atoms with Gasteiger partial charge in [-0.15, -0.1) is 0 Å². The van der Waals surface area contributed by atoms with Crippen LogP contribution in [0.25, 0.3) is 11.0 Å². The standard InChI is InChI=1S/C23H37IN6O4Si/c1-14(2)28-34-16-10-18(33-17(16)12-32-35(8,9)23(3,4)5)30-11-15(24)19-20(30)26-22(27-21(19)31)25-13-29(6)7/h11,13,16-18H,10,12H2,1-9H3,(H,26,27,31)/b25-13-/t16?,17-,18-/m1/s1. The zero-order valence-electron chi connectivity index (χ0n) is 22.0. The number of nitrogens with one attached hydrogen (secondary N) is 1. The summed E-state index contributed by atoms with van der Waals surface area (Å²) >= 11 is 2.15. The molecule has 0 bridgehead atoms. The highest BCUT2D eigenvalue weighted by molar-refractivity contribution is 14.1. The summed E-state index contributed by atoms with van der Waals surface area (Å²) in [6.45, 7) is 15.3. The van der Waals surface area contributed by atoms with Gasteiger partial charge in [0, 0.05) is 30.3 Å². The summed E-state index contributed by atoms with van der Waals surface area (Å²) in [7, 11) is 1.73. The van der Waals surface area contributed by atoms with Gasteiger partial charge in [-0.1, -0.05) is 25.9 Å². The van der Waals surface area contributed by atoms with Crippen LogP contribution in [0.5, 0.6) is 0 Å². The van der Waals surface area contributed by atoms with Gasteiger partial charge in [0.1, 0.15) is 12.3 Å². The monoisotopic (exact) mass is 616 g/mol. The molecule has 1 unspecified atom stereocenters. The molecule has 0 amide bonds. The van der Waals surface area contributed by atoms with E-state index in [0.29, 0.717) is 24.1 Å². The van der Waals surface area contributed by atoms with E-state index in [-0.39, 0.29) is 35.0 Å². The first-order valence-corrected chi connectivity index (χ1v) is 15.7. The Morgan fingerprint density at radius 2 is 2.09 bits per heavy atom. The second-order valence-corrected chi connectivity index (χ2v) is 16.8. The lowest BCUT2D eigenvalue weighted by molar-refractivity contribution is -0.0571. The molecular formula is C23H37IN6O4Si. The topological polar surface area (TPSA) is 106 Å². The van der Waals surface area contributed by atoms with Crippen LogP contribution in [0.2, 0.25) is 18.1 Å². The Hall–Kier alpha value is -1.77. The molecule has 2 aromatic rings. The second kappa shape index (κ2) is 10.7. The van der Waals surface area contributed by atoms with Gasteiger partial charge in [-0.05, 0) is 54.6 Å². The van der Waals surface area contributed by atoms with Crippen molar-refractivity contribution in [2.24, 2.45) is 10.1 Å². The molecule has 0 spiro atoms. The van der Waals surface area contributed by atoms with Gasteiger partial charge in [0.2, 0.25) is 5.95 Å². The van der Waals surface area contributed by atoms with Crippen LogP contribution in [0.15, 0.2) is 21.1 Å². The number of aromatic amines is 1. The minimum atomic E-state index is -1.98. The van der Waals surface area contributed by atoms with Crippen molar-refractivity contribution in [2.45, 2.75) is 77.6 Å². The number of nitrogens with zero attached hydrogens (tertiary/aromatic N) is 5. The van der Waals surface area contributed by atoms with Crippen LogP contribution in [0, 0.1) is 3.57 Å². The summed E-state index contributed by atoms with van der Waals surface area (Å²) < 4.78 is 15.6. The number of oxime groups is 1. The van der Waals surface area contributed by atoms with Crippen molar-refractivity contribution in [2.75, 3.05) is 20.7 Å². The Labute approximate surface area is 221 Å². The van der Waals surface area contributed by atoms with Gasteiger partial charge in [0.25, 0.3) is 5.56 Å². The van der Waals surface area contributed by atoms with E-state index in [1.165, 1.54) is 0 Å². The molecule has 3 rings (SSSR count). The number of aromatic nitrogens is 3. The molecule has 0 saturated carbocycles. The number of hydrogen-bond donors (Lipinski definition) is 1. The molecule has 35 heavy (non-hydrogen) atoms. The third kappa shape index (κ3) is 6.52. The van der Waals surface area contributed by atoms with Crippen molar-refractivity contribution in [1.82, 2.24) is 19.4 Å². The van der Waals surface area contributed by atoms with Gasteiger partial charge in [-0.25, -0.2) is 4.99 Å². The molecular weight excluding hydrogens is 579 g/mol. The number of rotatable bonds is 8. The van der Waals surface area contributed by atoms with E-state index in [1.807, 2.05) is 38.7 Å². The van der Waals surface area contributed by atoms with Crippen LogP contribution in [-0.2, 0) is 14.0 Å². The molecule has 3 heterocycles. The minimum absolute atomic E-state index is 0.0840. The molecule has 1 saturated heterocycles. The highest BCUT2D eigenvalue weighted by Gasteiger charge is 2.43. The SMILES string of the molecule is CC(C)=NOC1C[C@H](n2cc(I)c3c(=O)[nH]c(/N=C\N(C)C)nc32)O[C@@H]1CO[Si](C)(C)C(C)(C)C. The molecule has 1 N–H and O–H groups in total. The smallest absolute Gasteiger partial charge is 0.262 e. The summed E-state index contributed by atoms with van der Waals surface area (Å²) in [5.74, 6) is 0.238. The lowest BCUT2D eigenvalue weighted by Gasteiger charge is -2.37. The van der Waals surface area contributed by atoms with Gasteiger partial charge in [-0.3, -0.25) is 9.78 Å². The highest BCUT2D eigenvalue weighted by atomic mass is 127. The van der Waals surface area contributed by atoms with Gasteiger partial charge >= 0.3 is 0 Å². The van der Waals surface area contributed by atoms with Crippen molar-refractivity contribution in [3.63, 3.8) is 0 Å². The van der Waals surface area contributed by atoms with Crippen molar-refractivity contribution in [3.05, 3.63) is 20.1 Å². The van der Waals surface area contributed by atoms with E-state index in [2.05, 4.69) is 76.6 Å². The number of halogens is 1. The van der Waals surface area contributed by atoms with E-state index in [1.54, 1.807) is 11.2 Å². The molecule has 1 aliphatic rings. The Balaban J connectivity index is 1.94. The van der Waals surface area contributed by atoms with E-state index in [0.717, 1.165) is 9.28 Å². The van der Waals surface area contributed by atoms with E-state index in [9.17, 15) is 4.79 Å². The average Bonchev–Trinajstić information content (AvgIpc) is 3.29. The van der Waals surface area contributed by atoms with E-state index in [4.69, 9.17) is 14.0 Å². The first-order chi connectivity index (χ1) is 16.2. The van der Waals surface area contributed by atoms with Gasteiger partial charge < -0.3 is 23.5 Å². The molecule has 12 heteroatoms. The zero-order chi connectivity index (χ0) is 26.1. The summed E-state index contributed by atoms with van der Waals surface area (Å²) in [4.78, 5) is 32.1. The molecule has 2 aromatic heterocycles. The fourth-order valence-corrected chi connectivity index (χ4v) is 5.16. The van der Waals surface area contributed by atoms with Crippen molar-refractivity contribution in [1.29, 1.82) is 0 Å². The quantitative estimate of drug-likeness (QED) is 0.152. The van der Waals surface area contributed by atoms with Crippen LogP contribution < -0.4 is 5.56 Å². The van der Waals surface area contributed by atoms with Crippen molar-refractivity contribution in [3.8, 4) is 0 Å². The Bertz CT molecular complexity index is 1160. The Kier molecular flexibility index (Phi) is 8.49. The first-order valence-electron chi connectivity index (χ1n) is 11.7. The van der Waals surface area contributed by atoms with Crippen LogP contribution in [0.3, 0.4) is 0 Å². The number of ether oxygens (including phenoxy) is 1. The molecule has 3 atom stereocenters. The zero-order valence-corrected chi connectivity index (χ0v) is 25.2. The van der Waals surface area contributed by atoms with Crippen molar-refractivity contribution >= 4 is 59.9 Å². The lowest BCUT2D eigenvalue weighted by atomic mass is 10.2. The molecule has 1 aliphatic heterocycles. The maximum atomic E-state index is 12.8. The molecule has 0 aromatic carbocycles. The molecule has 0 radical (unpaired) electrons. The van der Waals surface area contributed by atoms with Crippen molar-refractivity contribution < 1.29 is 14.0 Å². The van der Waals surface area contributed by atoms with Gasteiger partial charge in [0.05, 0.1) is 24.0 Å². The van der Waals surface area contributed by atoms with Gasteiger partial charge in [0.15, 0.2) is 20.1 Å². The van der Waals surface area contributed by atoms with Gasteiger partial charge in [-0.2, -0.15) is 4.98 Å².